The highest BCUT2D eigenvalue weighted by Gasteiger charge is 2.12. The van der Waals surface area contributed by atoms with Crippen LogP contribution in [0.3, 0.4) is 0 Å². The van der Waals surface area contributed by atoms with Crippen molar-refractivity contribution in [3.8, 4) is 11.5 Å². The molecule has 1 amide bonds. The number of anilines is 2. The van der Waals surface area contributed by atoms with Crippen molar-refractivity contribution < 1.29 is 14.3 Å². The summed E-state index contributed by atoms with van der Waals surface area (Å²) in [7, 11) is 0. The van der Waals surface area contributed by atoms with Crippen LogP contribution in [0.1, 0.15) is 38.3 Å². The number of benzene rings is 3. The van der Waals surface area contributed by atoms with Crippen molar-refractivity contribution in [2.75, 3.05) is 17.2 Å². The Labute approximate surface area is 201 Å². The number of nitrogens with one attached hydrogen (secondary N) is 2. The highest BCUT2D eigenvalue weighted by atomic mass is 35.5. The number of amides is 1. The molecule has 0 bridgehead atoms. The van der Waals surface area contributed by atoms with Crippen LogP contribution < -0.4 is 20.1 Å². The smallest absolute Gasteiger partial charge is 0.224 e. The van der Waals surface area contributed by atoms with E-state index in [0.29, 0.717) is 48.6 Å². The monoisotopic (exact) mass is 466 g/mol. The van der Waals surface area contributed by atoms with Gasteiger partial charge >= 0.3 is 0 Å². The van der Waals surface area contributed by atoms with Crippen molar-refractivity contribution in [3.05, 3.63) is 82.9 Å². The molecule has 2 N–H and O–H groups in total. The third kappa shape index (κ3) is 7.72. The second kappa shape index (κ2) is 12.2. The van der Waals surface area contributed by atoms with Gasteiger partial charge in [0, 0.05) is 34.9 Å². The molecule has 6 heteroatoms. The van der Waals surface area contributed by atoms with Crippen molar-refractivity contribution >= 4 is 28.9 Å². The standard InChI is InChI=1S/C27H31ClN2O3/c1-4-32-25-10-5-7-21(27(25)33-18-20-11-13-22(28)14-12-20)17-29-23-8-6-9-24(16-23)30-26(31)15-19(2)3/h5-14,16,19,29H,4,15,17-18H2,1-3H3,(H,30,31). The maximum absolute atomic E-state index is 12.1. The van der Waals surface area contributed by atoms with Crippen molar-refractivity contribution in [3.63, 3.8) is 0 Å². The number of hydrogen-bond acceptors (Lipinski definition) is 4. The largest absolute Gasteiger partial charge is 0.490 e. The minimum atomic E-state index is 0.0180. The van der Waals surface area contributed by atoms with E-state index in [1.807, 2.05) is 87.5 Å². The van der Waals surface area contributed by atoms with Crippen molar-refractivity contribution in [2.24, 2.45) is 5.92 Å². The van der Waals surface area contributed by atoms with Gasteiger partial charge in [0.25, 0.3) is 0 Å². The maximum Gasteiger partial charge on any atom is 0.224 e. The average molecular weight is 467 g/mol. The normalized spacial score (nSPS) is 10.7. The predicted molar refractivity (Wildman–Crippen MR) is 135 cm³/mol. The third-order valence-corrected chi connectivity index (χ3v) is 5.13. The number of halogens is 1. The molecule has 3 aromatic carbocycles. The van der Waals surface area contributed by atoms with Gasteiger partial charge in [-0.1, -0.05) is 55.8 Å². The zero-order chi connectivity index (χ0) is 23.6. The second-order valence-electron chi connectivity index (χ2n) is 8.17. The van der Waals surface area contributed by atoms with Crippen LogP contribution in [0.2, 0.25) is 5.02 Å². The summed E-state index contributed by atoms with van der Waals surface area (Å²) in [5, 5.41) is 7.08. The Morgan fingerprint density at radius 3 is 2.42 bits per heavy atom. The Bertz CT molecular complexity index is 1050. The third-order valence-electron chi connectivity index (χ3n) is 4.88. The van der Waals surface area contributed by atoms with Crippen molar-refractivity contribution in [1.82, 2.24) is 0 Å². The first-order valence-corrected chi connectivity index (χ1v) is 11.6. The number of para-hydroxylation sites is 1. The molecule has 5 nitrogen and oxygen atoms in total. The second-order valence-corrected chi connectivity index (χ2v) is 8.61. The average Bonchev–Trinajstić information content (AvgIpc) is 2.78. The van der Waals surface area contributed by atoms with Gasteiger partial charge in [0.1, 0.15) is 6.61 Å². The first-order valence-electron chi connectivity index (χ1n) is 11.2. The predicted octanol–water partition coefficient (Wildman–Crippen LogP) is 6.91. The number of carbonyl (C=O) groups is 1. The molecule has 0 heterocycles. The molecule has 0 radical (unpaired) electrons. The van der Waals surface area contributed by atoms with E-state index in [9.17, 15) is 4.79 Å². The van der Waals surface area contributed by atoms with E-state index >= 15 is 0 Å². The van der Waals surface area contributed by atoms with Crippen LogP contribution in [0.4, 0.5) is 11.4 Å². The summed E-state index contributed by atoms with van der Waals surface area (Å²) in [6.45, 7) is 7.51. The molecule has 3 rings (SSSR count). The van der Waals surface area contributed by atoms with E-state index < -0.39 is 0 Å². The van der Waals surface area contributed by atoms with Crippen LogP contribution in [0.15, 0.2) is 66.7 Å². The fourth-order valence-electron chi connectivity index (χ4n) is 3.36. The van der Waals surface area contributed by atoms with Crippen LogP contribution in [0.25, 0.3) is 0 Å². The molecular formula is C27H31ClN2O3. The SMILES string of the molecule is CCOc1cccc(CNc2cccc(NC(=O)CC(C)C)c2)c1OCc1ccc(Cl)cc1. The molecule has 0 fully saturated rings. The molecule has 0 saturated heterocycles. The van der Waals surface area contributed by atoms with Gasteiger partial charge < -0.3 is 20.1 Å². The highest BCUT2D eigenvalue weighted by Crippen LogP contribution is 2.33. The Morgan fingerprint density at radius 2 is 1.70 bits per heavy atom. The van der Waals surface area contributed by atoms with Crippen LogP contribution in [0, 0.1) is 5.92 Å². The van der Waals surface area contributed by atoms with Crippen LogP contribution >= 0.6 is 11.6 Å². The lowest BCUT2D eigenvalue weighted by Crippen LogP contribution is -2.14. The van der Waals surface area contributed by atoms with E-state index in [4.69, 9.17) is 21.1 Å². The molecule has 0 saturated carbocycles. The molecule has 0 aliphatic carbocycles. The van der Waals surface area contributed by atoms with E-state index in [0.717, 1.165) is 22.5 Å². The number of rotatable bonds is 11. The first kappa shape index (κ1) is 24.5. The van der Waals surface area contributed by atoms with Gasteiger partial charge in [-0.15, -0.1) is 0 Å². The zero-order valence-corrected chi connectivity index (χ0v) is 20.1. The molecule has 3 aromatic rings. The number of carbonyl (C=O) groups excluding carboxylic acids is 1. The number of ether oxygens (including phenoxy) is 2. The van der Waals surface area contributed by atoms with Crippen molar-refractivity contribution in [2.45, 2.75) is 40.3 Å². The number of hydrogen-bond donors (Lipinski definition) is 2. The van der Waals surface area contributed by atoms with E-state index in [2.05, 4.69) is 10.6 Å². The molecule has 0 aliphatic rings. The van der Waals surface area contributed by atoms with Gasteiger partial charge in [0.2, 0.25) is 5.91 Å². The van der Waals surface area contributed by atoms with E-state index in [-0.39, 0.29) is 5.91 Å². The Hall–Kier alpha value is -3.18. The van der Waals surface area contributed by atoms with E-state index in [1.54, 1.807) is 0 Å². The Kier molecular flexibility index (Phi) is 9.02. The van der Waals surface area contributed by atoms with Crippen LogP contribution in [-0.4, -0.2) is 12.5 Å². The van der Waals surface area contributed by atoms with Gasteiger partial charge in [-0.2, -0.15) is 0 Å². The minimum Gasteiger partial charge on any atom is -0.490 e. The lowest BCUT2D eigenvalue weighted by molar-refractivity contribution is -0.116. The summed E-state index contributed by atoms with van der Waals surface area (Å²) in [6.07, 6.45) is 0.496. The molecule has 33 heavy (non-hydrogen) atoms. The quantitative estimate of drug-likeness (QED) is 0.322. The molecule has 0 atom stereocenters. The summed E-state index contributed by atoms with van der Waals surface area (Å²) in [4.78, 5) is 12.1. The molecule has 0 spiro atoms. The highest BCUT2D eigenvalue weighted by molar-refractivity contribution is 6.30. The Morgan fingerprint density at radius 1 is 0.970 bits per heavy atom. The molecule has 0 unspecified atom stereocenters. The molecular weight excluding hydrogens is 436 g/mol. The maximum atomic E-state index is 12.1. The lowest BCUT2D eigenvalue weighted by Gasteiger charge is -2.17. The summed E-state index contributed by atoms with van der Waals surface area (Å²) in [6, 6.07) is 21.2. The van der Waals surface area contributed by atoms with Gasteiger partial charge in [-0.3, -0.25) is 4.79 Å². The van der Waals surface area contributed by atoms with Crippen molar-refractivity contribution in [1.29, 1.82) is 0 Å². The Balaban J connectivity index is 1.71. The van der Waals surface area contributed by atoms with Crippen LogP contribution in [0.5, 0.6) is 11.5 Å². The van der Waals surface area contributed by atoms with E-state index in [1.165, 1.54) is 0 Å². The van der Waals surface area contributed by atoms with Gasteiger partial charge in [-0.05, 0) is 54.8 Å². The van der Waals surface area contributed by atoms with Gasteiger partial charge in [-0.25, -0.2) is 0 Å². The fraction of sp³-hybridized carbons (Fsp3) is 0.296. The van der Waals surface area contributed by atoms with Gasteiger partial charge in [0.05, 0.1) is 6.61 Å². The topological polar surface area (TPSA) is 59.6 Å². The minimum absolute atomic E-state index is 0.0180. The zero-order valence-electron chi connectivity index (χ0n) is 19.4. The van der Waals surface area contributed by atoms with Gasteiger partial charge in [0.15, 0.2) is 11.5 Å². The lowest BCUT2D eigenvalue weighted by atomic mass is 10.1. The van der Waals surface area contributed by atoms with Crippen LogP contribution in [-0.2, 0) is 17.9 Å². The molecule has 0 aliphatic heterocycles. The first-order chi connectivity index (χ1) is 15.9. The summed E-state index contributed by atoms with van der Waals surface area (Å²) in [5.74, 6) is 1.75. The molecule has 0 aromatic heterocycles. The molecule has 174 valence electrons. The summed E-state index contributed by atoms with van der Waals surface area (Å²) < 4.78 is 12.0. The summed E-state index contributed by atoms with van der Waals surface area (Å²) >= 11 is 5.99. The summed E-state index contributed by atoms with van der Waals surface area (Å²) in [5.41, 5.74) is 3.68. The fourth-order valence-corrected chi connectivity index (χ4v) is 3.48.